The molecule has 4 rings (SSSR count). The van der Waals surface area contributed by atoms with Gasteiger partial charge in [-0.15, -0.1) is 0 Å². The van der Waals surface area contributed by atoms with Crippen LogP contribution >= 0.6 is 0 Å². The van der Waals surface area contributed by atoms with Crippen molar-refractivity contribution in [3.05, 3.63) is 72.4 Å². The van der Waals surface area contributed by atoms with Gasteiger partial charge in [0.2, 0.25) is 0 Å². The summed E-state index contributed by atoms with van der Waals surface area (Å²) in [7, 11) is 1.65. The number of benzene rings is 2. The van der Waals surface area contributed by atoms with E-state index in [1.54, 1.807) is 30.1 Å². The predicted octanol–water partition coefficient (Wildman–Crippen LogP) is 3.58. The van der Waals surface area contributed by atoms with E-state index in [9.17, 15) is 4.39 Å². The molecule has 4 aromatic rings. The van der Waals surface area contributed by atoms with E-state index in [-0.39, 0.29) is 5.82 Å². The van der Waals surface area contributed by atoms with E-state index in [1.165, 1.54) is 18.5 Å². The lowest BCUT2D eigenvalue weighted by atomic mass is 10.2. The van der Waals surface area contributed by atoms with E-state index in [2.05, 4.69) is 20.4 Å². The van der Waals surface area contributed by atoms with Gasteiger partial charge < -0.3 is 10.1 Å². The summed E-state index contributed by atoms with van der Waals surface area (Å²) < 4.78 is 20.2. The summed E-state index contributed by atoms with van der Waals surface area (Å²) in [4.78, 5) is 8.64. The van der Waals surface area contributed by atoms with Crippen LogP contribution in [-0.2, 0) is 6.54 Å². The van der Waals surface area contributed by atoms with Gasteiger partial charge in [0.05, 0.1) is 24.4 Å². The van der Waals surface area contributed by atoms with Crippen molar-refractivity contribution in [1.82, 2.24) is 19.7 Å². The number of hydrogen-bond donors (Lipinski definition) is 1. The lowest BCUT2D eigenvalue weighted by molar-refractivity contribution is 0.410. The number of nitrogens with one attached hydrogen (secondary N) is 1. The summed E-state index contributed by atoms with van der Waals surface area (Å²) in [6.45, 7) is 0.553. The normalized spacial score (nSPS) is 10.8. The summed E-state index contributed by atoms with van der Waals surface area (Å²) in [5.41, 5.74) is 2.40. The molecule has 7 heteroatoms. The van der Waals surface area contributed by atoms with Crippen LogP contribution in [0.2, 0.25) is 0 Å². The topological polar surface area (TPSA) is 64.9 Å². The zero-order valence-electron chi connectivity index (χ0n) is 14.1. The molecule has 26 heavy (non-hydrogen) atoms. The highest BCUT2D eigenvalue weighted by Gasteiger charge is 2.11. The van der Waals surface area contributed by atoms with Gasteiger partial charge in [-0.2, -0.15) is 5.10 Å². The molecular weight excluding hydrogens is 333 g/mol. The van der Waals surface area contributed by atoms with Crippen LogP contribution < -0.4 is 10.1 Å². The van der Waals surface area contributed by atoms with Gasteiger partial charge in [-0.1, -0.05) is 18.2 Å². The van der Waals surface area contributed by atoms with Crippen LogP contribution in [0, 0.1) is 5.82 Å². The summed E-state index contributed by atoms with van der Waals surface area (Å²) in [6, 6.07) is 13.9. The third kappa shape index (κ3) is 2.95. The van der Waals surface area contributed by atoms with Crippen LogP contribution in [0.1, 0.15) is 5.56 Å². The molecular formula is C19H16FN5O. The number of hydrogen-bond acceptors (Lipinski definition) is 5. The highest BCUT2D eigenvalue weighted by Crippen LogP contribution is 2.24. The van der Waals surface area contributed by atoms with Gasteiger partial charge in [0.1, 0.15) is 23.7 Å². The van der Waals surface area contributed by atoms with E-state index < -0.39 is 0 Å². The number of ether oxygens (including phenoxy) is 1. The first-order chi connectivity index (χ1) is 12.8. The minimum absolute atomic E-state index is 0.293. The number of nitrogens with zero attached hydrogens (tertiary/aromatic N) is 4. The van der Waals surface area contributed by atoms with E-state index in [4.69, 9.17) is 4.74 Å². The van der Waals surface area contributed by atoms with Crippen LogP contribution in [0.4, 0.5) is 10.2 Å². The van der Waals surface area contributed by atoms with Crippen molar-refractivity contribution in [2.75, 3.05) is 12.4 Å². The van der Waals surface area contributed by atoms with Crippen molar-refractivity contribution in [2.45, 2.75) is 6.54 Å². The van der Waals surface area contributed by atoms with Crippen LogP contribution in [0.15, 0.2) is 61.1 Å². The maximum atomic E-state index is 13.2. The molecule has 0 atom stereocenters. The molecule has 0 bridgehead atoms. The third-order valence-corrected chi connectivity index (χ3v) is 4.08. The average molecular weight is 349 g/mol. The SMILES string of the molecule is COc1ccccc1CNc1ncnc2c1cnn2-c1ccc(F)cc1. The zero-order chi connectivity index (χ0) is 17.9. The smallest absolute Gasteiger partial charge is 0.168 e. The van der Waals surface area contributed by atoms with Gasteiger partial charge in [0, 0.05) is 12.1 Å². The first-order valence-corrected chi connectivity index (χ1v) is 8.06. The fourth-order valence-corrected chi connectivity index (χ4v) is 2.78. The van der Waals surface area contributed by atoms with Crippen molar-refractivity contribution >= 4 is 16.9 Å². The molecule has 2 heterocycles. The minimum Gasteiger partial charge on any atom is -0.496 e. The number of para-hydroxylation sites is 1. The molecule has 0 amide bonds. The van der Waals surface area contributed by atoms with Gasteiger partial charge in [0.15, 0.2) is 5.65 Å². The summed E-state index contributed by atoms with van der Waals surface area (Å²) >= 11 is 0. The van der Waals surface area contributed by atoms with E-state index in [0.29, 0.717) is 18.0 Å². The summed E-state index contributed by atoms with van der Waals surface area (Å²) in [5.74, 6) is 1.19. The molecule has 1 N–H and O–H groups in total. The van der Waals surface area contributed by atoms with Crippen molar-refractivity contribution in [3.8, 4) is 11.4 Å². The van der Waals surface area contributed by atoms with Crippen molar-refractivity contribution in [1.29, 1.82) is 0 Å². The molecule has 2 aromatic heterocycles. The molecule has 130 valence electrons. The van der Waals surface area contributed by atoms with Gasteiger partial charge >= 0.3 is 0 Å². The van der Waals surface area contributed by atoms with Crippen molar-refractivity contribution in [3.63, 3.8) is 0 Å². The van der Waals surface area contributed by atoms with E-state index >= 15 is 0 Å². The Morgan fingerprint density at radius 1 is 1.08 bits per heavy atom. The quantitative estimate of drug-likeness (QED) is 0.597. The van der Waals surface area contributed by atoms with Crippen molar-refractivity contribution < 1.29 is 9.13 Å². The number of rotatable bonds is 5. The lowest BCUT2D eigenvalue weighted by Crippen LogP contribution is -2.04. The highest BCUT2D eigenvalue weighted by atomic mass is 19.1. The standard InChI is InChI=1S/C19H16FN5O/c1-26-17-5-3-2-4-13(17)10-21-18-16-11-24-25(19(16)23-12-22-18)15-8-6-14(20)7-9-15/h2-9,11-12H,10H2,1H3,(H,21,22,23). The first-order valence-electron chi connectivity index (χ1n) is 8.06. The molecule has 0 radical (unpaired) electrons. The second-order valence-corrected chi connectivity index (χ2v) is 5.66. The largest absolute Gasteiger partial charge is 0.496 e. The molecule has 0 spiro atoms. The van der Waals surface area contributed by atoms with E-state index in [1.807, 2.05) is 24.3 Å². The number of methoxy groups -OCH3 is 1. The Labute approximate surface area is 149 Å². The van der Waals surface area contributed by atoms with Gasteiger partial charge in [-0.3, -0.25) is 0 Å². The highest BCUT2D eigenvalue weighted by molar-refractivity contribution is 5.87. The Kier molecular flexibility index (Phi) is 4.18. The molecule has 2 aromatic carbocycles. The molecule has 0 saturated heterocycles. The third-order valence-electron chi connectivity index (χ3n) is 4.08. The van der Waals surface area contributed by atoms with Gasteiger partial charge in [0.25, 0.3) is 0 Å². The number of anilines is 1. The maximum absolute atomic E-state index is 13.2. The molecule has 0 aliphatic carbocycles. The molecule has 0 unspecified atom stereocenters. The second-order valence-electron chi connectivity index (χ2n) is 5.66. The Hall–Kier alpha value is -3.48. The Balaban J connectivity index is 1.66. The van der Waals surface area contributed by atoms with Crippen LogP contribution in [0.3, 0.4) is 0 Å². The van der Waals surface area contributed by atoms with Gasteiger partial charge in [-0.25, -0.2) is 19.0 Å². The summed E-state index contributed by atoms with van der Waals surface area (Å²) in [5, 5.41) is 8.46. The molecule has 0 saturated carbocycles. The van der Waals surface area contributed by atoms with Crippen molar-refractivity contribution in [2.24, 2.45) is 0 Å². The average Bonchev–Trinajstić information content (AvgIpc) is 3.12. The first kappa shape index (κ1) is 16.0. The van der Waals surface area contributed by atoms with Crippen LogP contribution in [0.25, 0.3) is 16.7 Å². The molecule has 0 fully saturated rings. The molecule has 0 aliphatic rings. The predicted molar refractivity (Wildman–Crippen MR) is 96.9 cm³/mol. The number of aromatic nitrogens is 4. The second kappa shape index (κ2) is 6.79. The monoisotopic (exact) mass is 349 g/mol. The maximum Gasteiger partial charge on any atom is 0.168 e. The van der Waals surface area contributed by atoms with Gasteiger partial charge in [-0.05, 0) is 30.3 Å². The minimum atomic E-state index is -0.293. The molecule has 0 aliphatic heterocycles. The zero-order valence-corrected chi connectivity index (χ0v) is 14.1. The number of halogens is 1. The van der Waals surface area contributed by atoms with Crippen LogP contribution in [0.5, 0.6) is 5.75 Å². The fraction of sp³-hybridized carbons (Fsp3) is 0.105. The Morgan fingerprint density at radius 3 is 2.69 bits per heavy atom. The summed E-state index contributed by atoms with van der Waals surface area (Å²) in [6.07, 6.45) is 3.18. The molecule has 6 nitrogen and oxygen atoms in total. The van der Waals surface area contributed by atoms with E-state index in [0.717, 1.165) is 22.4 Å². The van der Waals surface area contributed by atoms with Crippen LogP contribution in [-0.4, -0.2) is 26.9 Å². The number of fused-ring (bicyclic) bond motifs is 1. The Bertz CT molecular complexity index is 1050. The lowest BCUT2D eigenvalue weighted by Gasteiger charge is -2.10. The Morgan fingerprint density at radius 2 is 1.88 bits per heavy atom. The fourth-order valence-electron chi connectivity index (χ4n) is 2.78.